The molecule has 1 aromatic carbocycles. The fraction of sp³-hybridized carbons (Fsp3) is 0.538. The second-order valence-corrected chi connectivity index (χ2v) is 11.1. The van der Waals surface area contributed by atoms with Gasteiger partial charge in [0.2, 0.25) is 5.95 Å². The highest BCUT2D eigenvalue weighted by atomic mass is 35.5. The number of likely N-dealkylation sites (tertiary alicyclic amines) is 1. The maximum absolute atomic E-state index is 11.8. The predicted octanol–water partition coefficient (Wildman–Crippen LogP) is 1.26. The summed E-state index contributed by atoms with van der Waals surface area (Å²) in [4.78, 5) is 25.5. The number of amides is 1. The molecule has 6 rings (SSSR count). The van der Waals surface area contributed by atoms with Crippen LogP contribution in [0.1, 0.15) is 24.1 Å². The zero-order valence-corrected chi connectivity index (χ0v) is 23.9. The number of alkyl carbamates (subject to hydrolysis) is 1. The number of methoxy groups -OCH3 is 2. The maximum Gasteiger partial charge on any atom is 0.407 e. The van der Waals surface area contributed by atoms with Crippen LogP contribution >= 0.6 is 11.6 Å². The van der Waals surface area contributed by atoms with Crippen molar-refractivity contribution in [3.05, 3.63) is 34.6 Å². The summed E-state index contributed by atoms with van der Waals surface area (Å²) in [7, 11) is 3.02. The molecule has 0 bridgehead atoms. The van der Waals surface area contributed by atoms with Gasteiger partial charge in [-0.05, 0) is 30.5 Å². The SMILES string of the molecule is COC(=O)N[C@H]1CN(C2CN(c3cc(CN)cc(Nc4nc(NC5CC5)c5ncc(CN)n5n4)c3Cl)C2)C[C@H]1OC. The number of benzene rings is 1. The van der Waals surface area contributed by atoms with Gasteiger partial charge in [0.25, 0.3) is 0 Å². The van der Waals surface area contributed by atoms with Gasteiger partial charge in [0.15, 0.2) is 11.5 Å². The molecule has 4 heterocycles. The molecule has 3 aliphatic rings. The number of halogens is 1. The van der Waals surface area contributed by atoms with Crippen molar-refractivity contribution in [1.29, 1.82) is 0 Å². The van der Waals surface area contributed by atoms with Gasteiger partial charge in [0.05, 0.1) is 47.5 Å². The first-order chi connectivity index (χ1) is 19.9. The van der Waals surface area contributed by atoms with Gasteiger partial charge in [0.1, 0.15) is 0 Å². The lowest BCUT2D eigenvalue weighted by Crippen LogP contribution is -2.59. The van der Waals surface area contributed by atoms with Crippen LogP contribution < -0.4 is 32.3 Å². The smallest absolute Gasteiger partial charge is 0.407 e. The van der Waals surface area contributed by atoms with Gasteiger partial charge in [-0.2, -0.15) is 4.98 Å². The Kier molecular flexibility index (Phi) is 7.74. The third-order valence-electron chi connectivity index (χ3n) is 7.96. The number of nitrogens with two attached hydrogens (primary N) is 2. The van der Waals surface area contributed by atoms with E-state index in [9.17, 15) is 4.79 Å². The fourth-order valence-electron chi connectivity index (χ4n) is 5.44. The highest BCUT2D eigenvalue weighted by molar-refractivity contribution is 6.36. The molecule has 220 valence electrons. The Bertz CT molecular complexity index is 1430. The third kappa shape index (κ3) is 5.57. The second-order valence-electron chi connectivity index (χ2n) is 10.7. The molecule has 2 aliphatic heterocycles. The zero-order valence-electron chi connectivity index (χ0n) is 23.1. The zero-order chi connectivity index (χ0) is 28.7. The van der Waals surface area contributed by atoms with Crippen LogP contribution in [-0.2, 0) is 22.6 Å². The molecular formula is C26H36ClN11O3. The molecule has 14 nitrogen and oxygen atoms in total. The normalized spacial score (nSPS) is 21.2. The Morgan fingerprint density at radius 2 is 1.95 bits per heavy atom. The van der Waals surface area contributed by atoms with Crippen LogP contribution in [0.15, 0.2) is 18.3 Å². The topological polar surface area (TPSA) is 173 Å². The van der Waals surface area contributed by atoms with E-state index in [1.807, 2.05) is 12.1 Å². The lowest BCUT2D eigenvalue weighted by Gasteiger charge is -2.46. The number of aromatic nitrogens is 4. The van der Waals surface area contributed by atoms with Gasteiger partial charge >= 0.3 is 6.09 Å². The summed E-state index contributed by atoms with van der Waals surface area (Å²) in [5, 5.41) is 14.9. The number of carbonyl (C=O) groups excluding carboxylic acids is 1. The predicted molar refractivity (Wildman–Crippen MR) is 156 cm³/mol. The Morgan fingerprint density at radius 1 is 1.15 bits per heavy atom. The van der Waals surface area contributed by atoms with Crippen molar-refractivity contribution in [2.75, 3.05) is 55.9 Å². The minimum atomic E-state index is -0.453. The Hall–Kier alpha value is -3.43. The molecule has 0 radical (unpaired) electrons. The molecule has 3 aromatic rings. The molecule has 1 amide bonds. The number of hydrogen-bond donors (Lipinski definition) is 5. The molecule has 0 unspecified atom stereocenters. The number of nitrogens with zero attached hydrogens (tertiary/aromatic N) is 6. The summed E-state index contributed by atoms with van der Waals surface area (Å²) in [5.41, 5.74) is 15.9. The van der Waals surface area contributed by atoms with Crippen molar-refractivity contribution >= 4 is 46.5 Å². The summed E-state index contributed by atoms with van der Waals surface area (Å²) < 4.78 is 12.1. The van der Waals surface area contributed by atoms with Gasteiger partial charge < -0.3 is 41.8 Å². The van der Waals surface area contributed by atoms with E-state index in [4.69, 9.17) is 37.5 Å². The molecule has 1 saturated carbocycles. The van der Waals surface area contributed by atoms with Crippen molar-refractivity contribution in [1.82, 2.24) is 29.8 Å². The third-order valence-corrected chi connectivity index (χ3v) is 8.36. The van der Waals surface area contributed by atoms with Crippen LogP contribution in [0.3, 0.4) is 0 Å². The van der Waals surface area contributed by atoms with Crippen LogP contribution in [0, 0.1) is 0 Å². The van der Waals surface area contributed by atoms with Crippen molar-refractivity contribution in [3.63, 3.8) is 0 Å². The van der Waals surface area contributed by atoms with Gasteiger partial charge in [0, 0.05) is 58.5 Å². The lowest BCUT2D eigenvalue weighted by molar-refractivity contribution is 0.0812. The number of hydrogen-bond acceptors (Lipinski definition) is 12. The largest absolute Gasteiger partial charge is 0.453 e. The van der Waals surface area contributed by atoms with E-state index < -0.39 is 6.09 Å². The van der Waals surface area contributed by atoms with Crippen LogP contribution in [0.4, 0.5) is 27.9 Å². The first-order valence-corrected chi connectivity index (χ1v) is 14.2. The van der Waals surface area contributed by atoms with Crippen LogP contribution in [0.2, 0.25) is 5.02 Å². The fourth-order valence-corrected chi connectivity index (χ4v) is 5.71. The van der Waals surface area contributed by atoms with Crippen molar-refractivity contribution < 1.29 is 14.3 Å². The molecule has 3 fully saturated rings. The molecule has 1 aliphatic carbocycles. The summed E-state index contributed by atoms with van der Waals surface area (Å²) in [6, 6.07) is 4.50. The number of imidazole rings is 1. The monoisotopic (exact) mass is 585 g/mol. The first kappa shape index (κ1) is 27.7. The second kappa shape index (κ2) is 11.4. The van der Waals surface area contributed by atoms with Gasteiger partial charge in [-0.25, -0.2) is 14.3 Å². The summed E-state index contributed by atoms with van der Waals surface area (Å²) in [6.45, 7) is 3.62. The van der Waals surface area contributed by atoms with Gasteiger partial charge in [-0.1, -0.05) is 11.6 Å². The average molecular weight is 586 g/mol. The van der Waals surface area contributed by atoms with E-state index in [0.717, 1.165) is 49.4 Å². The number of anilines is 4. The molecule has 41 heavy (non-hydrogen) atoms. The standard InChI is InChI=1S/C26H36ClN11O3/c1-40-21-13-36(12-19(21)33-26(39)41-2)17-10-37(11-17)20-6-14(7-28)5-18(22(20)27)32-25-34-23(31-15-3-4-15)24-30-9-16(8-29)38(24)35-25/h5-6,9,15,17,19,21H,3-4,7-8,10-13,28-29H2,1-2H3,(H,33,39)(H2,31,32,34,35)/t19-,21+/m0/s1. The quantitative estimate of drug-likeness (QED) is 0.231. The van der Waals surface area contributed by atoms with Crippen LogP contribution in [0.25, 0.3) is 5.65 Å². The van der Waals surface area contributed by atoms with Crippen molar-refractivity contribution in [3.8, 4) is 0 Å². The lowest BCUT2D eigenvalue weighted by atomic mass is 10.0. The van der Waals surface area contributed by atoms with Gasteiger partial charge in [-0.15, -0.1) is 5.10 Å². The Balaban J connectivity index is 1.20. The number of ether oxygens (including phenoxy) is 2. The van der Waals surface area contributed by atoms with Crippen molar-refractivity contribution in [2.24, 2.45) is 11.5 Å². The highest BCUT2D eigenvalue weighted by Crippen LogP contribution is 2.39. The number of rotatable bonds is 10. The Morgan fingerprint density at radius 3 is 2.63 bits per heavy atom. The summed E-state index contributed by atoms with van der Waals surface area (Å²) in [6.07, 6.45) is 3.36. The van der Waals surface area contributed by atoms with E-state index in [0.29, 0.717) is 59.8 Å². The van der Waals surface area contributed by atoms with Crippen molar-refractivity contribution in [2.45, 2.75) is 50.2 Å². The molecule has 0 spiro atoms. The maximum atomic E-state index is 11.8. The van der Waals surface area contributed by atoms with Crippen LogP contribution in [0.5, 0.6) is 0 Å². The molecule has 2 atom stereocenters. The molecule has 2 aromatic heterocycles. The number of nitrogens with one attached hydrogen (secondary N) is 3. The van der Waals surface area contributed by atoms with Gasteiger partial charge in [-0.3, -0.25) is 4.90 Å². The minimum Gasteiger partial charge on any atom is -0.453 e. The van der Waals surface area contributed by atoms with E-state index in [-0.39, 0.29) is 12.1 Å². The van der Waals surface area contributed by atoms with E-state index in [1.54, 1.807) is 17.8 Å². The number of carbonyl (C=O) groups is 1. The highest BCUT2D eigenvalue weighted by Gasteiger charge is 2.42. The first-order valence-electron chi connectivity index (χ1n) is 13.8. The minimum absolute atomic E-state index is 0.102. The van der Waals surface area contributed by atoms with E-state index in [1.165, 1.54) is 7.11 Å². The Labute approximate surface area is 242 Å². The molecule has 7 N–H and O–H groups in total. The average Bonchev–Trinajstić information content (AvgIpc) is 3.53. The summed E-state index contributed by atoms with van der Waals surface area (Å²) >= 11 is 6.98. The van der Waals surface area contributed by atoms with E-state index >= 15 is 0 Å². The molecular weight excluding hydrogens is 550 g/mol. The van der Waals surface area contributed by atoms with Crippen LogP contribution in [-0.4, -0.2) is 95.2 Å². The molecule has 2 saturated heterocycles. The number of fused-ring (bicyclic) bond motifs is 1. The van der Waals surface area contributed by atoms with E-state index in [2.05, 4.69) is 35.8 Å². The summed E-state index contributed by atoms with van der Waals surface area (Å²) in [5.74, 6) is 1.03. The molecule has 15 heteroatoms.